The van der Waals surface area contributed by atoms with E-state index < -0.39 is 0 Å². The Hall–Kier alpha value is -2.84. The van der Waals surface area contributed by atoms with Crippen LogP contribution in [0.5, 0.6) is 11.5 Å². The van der Waals surface area contributed by atoms with Crippen molar-refractivity contribution in [3.8, 4) is 27.8 Å². The largest absolute Gasteiger partial charge is 0.497 e. The minimum Gasteiger partial charge on any atom is -0.497 e. The highest BCUT2D eigenvalue weighted by Crippen LogP contribution is 2.35. The Morgan fingerprint density at radius 2 is 1.93 bits per heavy atom. The Balaban J connectivity index is 1.51. The van der Waals surface area contributed by atoms with Gasteiger partial charge in [-0.15, -0.1) is 21.5 Å². The number of methoxy groups -OCH3 is 2. The van der Waals surface area contributed by atoms with Crippen LogP contribution in [0.4, 0.5) is 0 Å². The summed E-state index contributed by atoms with van der Waals surface area (Å²) in [6, 6.07) is 15.8. The van der Waals surface area contributed by atoms with Gasteiger partial charge in [-0.3, -0.25) is 4.57 Å². The van der Waals surface area contributed by atoms with Gasteiger partial charge < -0.3 is 9.47 Å². The molecule has 0 saturated heterocycles. The number of aromatic nitrogens is 4. The highest BCUT2D eigenvalue weighted by molar-refractivity contribution is 7.98. The molecule has 0 radical (unpaired) electrons. The quantitative estimate of drug-likeness (QED) is 0.412. The van der Waals surface area contributed by atoms with E-state index in [4.69, 9.17) is 14.5 Å². The average molecular weight is 411 g/mol. The fraction of sp³-hybridized carbons (Fsp3) is 0.150. The second-order valence-corrected chi connectivity index (χ2v) is 7.62. The topological polar surface area (TPSA) is 62.1 Å². The highest BCUT2D eigenvalue weighted by atomic mass is 32.2. The van der Waals surface area contributed by atoms with Crippen LogP contribution in [0.1, 0.15) is 5.69 Å². The molecule has 142 valence electrons. The minimum atomic E-state index is 0.709. The zero-order valence-corrected chi connectivity index (χ0v) is 17.0. The third-order valence-corrected chi connectivity index (χ3v) is 5.99. The molecule has 0 atom stereocenters. The van der Waals surface area contributed by atoms with Gasteiger partial charge in [-0.2, -0.15) is 0 Å². The van der Waals surface area contributed by atoms with Crippen molar-refractivity contribution in [1.82, 2.24) is 19.7 Å². The molecule has 0 aliphatic heterocycles. The van der Waals surface area contributed by atoms with Crippen molar-refractivity contribution < 1.29 is 9.47 Å². The smallest absolute Gasteiger partial charge is 0.195 e. The molecule has 2 heterocycles. The molecule has 0 unspecified atom stereocenters. The van der Waals surface area contributed by atoms with Crippen molar-refractivity contribution in [2.24, 2.45) is 0 Å². The van der Waals surface area contributed by atoms with E-state index in [1.54, 1.807) is 43.6 Å². The van der Waals surface area contributed by atoms with Gasteiger partial charge in [-0.05, 0) is 24.3 Å². The molecule has 8 heteroatoms. The number of thiazole rings is 1. The molecule has 0 N–H and O–H groups in total. The number of rotatable bonds is 7. The van der Waals surface area contributed by atoms with Gasteiger partial charge in [0.15, 0.2) is 5.16 Å². The van der Waals surface area contributed by atoms with Crippen LogP contribution in [-0.2, 0) is 5.75 Å². The number of nitrogens with zero attached hydrogens (tertiary/aromatic N) is 4. The summed E-state index contributed by atoms with van der Waals surface area (Å²) in [7, 11) is 3.29. The summed E-state index contributed by atoms with van der Waals surface area (Å²) in [6.07, 6.45) is 1.73. The summed E-state index contributed by atoms with van der Waals surface area (Å²) in [5.41, 5.74) is 2.99. The Bertz CT molecular complexity index is 1060. The molecule has 4 rings (SSSR count). The van der Waals surface area contributed by atoms with Gasteiger partial charge in [-0.1, -0.05) is 30.0 Å². The van der Waals surface area contributed by atoms with Gasteiger partial charge in [0.25, 0.3) is 0 Å². The molecule has 0 amide bonds. The van der Waals surface area contributed by atoms with Gasteiger partial charge in [0.1, 0.15) is 22.8 Å². The van der Waals surface area contributed by atoms with Crippen LogP contribution in [0, 0.1) is 0 Å². The van der Waals surface area contributed by atoms with E-state index in [0.717, 1.165) is 38.6 Å². The van der Waals surface area contributed by atoms with E-state index >= 15 is 0 Å². The van der Waals surface area contributed by atoms with Gasteiger partial charge >= 0.3 is 0 Å². The van der Waals surface area contributed by atoms with E-state index in [0.29, 0.717) is 5.75 Å². The maximum Gasteiger partial charge on any atom is 0.195 e. The first-order chi connectivity index (χ1) is 13.8. The molecule has 0 aliphatic rings. The molecule has 0 bridgehead atoms. The van der Waals surface area contributed by atoms with Gasteiger partial charge in [0, 0.05) is 22.9 Å². The van der Waals surface area contributed by atoms with Crippen molar-refractivity contribution in [3.63, 3.8) is 0 Å². The van der Waals surface area contributed by atoms with Crippen molar-refractivity contribution in [3.05, 3.63) is 65.9 Å². The molecule has 6 nitrogen and oxygen atoms in total. The fourth-order valence-corrected chi connectivity index (χ4v) is 4.48. The molecule has 2 aromatic heterocycles. The molecular weight excluding hydrogens is 392 g/mol. The monoisotopic (exact) mass is 410 g/mol. The van der Waals surface area contributed by atoms with Gasteiger partial charge in [0.2, 0.25) is 0 Å². The summed E-state index contributed by atoms with van der Waals surface area (Å²) in [5, 5.41) is 12.1. The number of ether oxygens (including phenoxy) is 2. The van der Waals surface area contributed by atoms with Crippen molar-refractivity contribution in [2.75, 3.05) is 14.2 Å². The Morgan fingerprint density at radius 1 is 1.07 bits per heavy atom. The first kappa shape index (κ1) is 18.5. The molecular formula is C20H18N4O2S2. The van der Waals surface area contributed by atoms with Crippen LogP contribution in [0.15, 0.2) is 65.4 Å². The number of hydrogen-bond donors (Lipinski definition) is 0. The second kappa shape index (κ2) is 8.45. The normalized spacial score (nSPS) is 10.8. The van der Waals surface area contributed by atoms with Crippen LogP contribution in [0.2, 0.25) is 0 Å². The first-order valence-electron chi connectivity index (χ1n) is 8.53. The summed E-state index contributed by atoms with van der Waals surface area (Å²) >= 11 is 3.20. The van der Waals surface area contributed by atoms with Gasteiger partial charge in [0.05, 0.1) is 25.5 Å². The van der Waals surface area contributed by atoms with Crippen LogP contribution < -0.4 is 9.47 Å². The SMILES string of the molecule is COc1ccc(-c2nc(CSc3nncn3-c3ccccc3)cs2)c(OC)c1. The molecule has 2 aromatic carbocycles. The van der Waals surface area contributed by atoms with Crippen LogP contribution in [0.3, 0.4) is 0 Å². The number of para-hydroxylation sites is 1. The lowest BCUT2D eigenvalue weighted by atomic mass is 10.2. The van der Waals surface area contributed by atoms with Crippen LogP contribution in [0.25, 0.3) is 16.3 Å². The average Bonchev–Trinajstić information content (AvgIpc) is 3.41. The van der Waals surface area contributed by atoms with E-state index in [1.165, 1.54) is 0 Å². The summed E-state index contributed by atoms with van der Waals surface area (Å²) in [6.45, 7) is 0. The predicted octanol–water partition coefficient (Wildman–Crippen LogP) is 4.70. The van der Waals surface area contributed by atoms with Gasteiger partial charge in [-0.25, -0.2) is 4.98 Å². The molecule has 0 saturated carbocycles. The van der Waals surface area contributed by atoms with Crippen LogP contribution in [-0.4, -0.2) is 34.0 Å². The van der Waals surface area contributed by atoms with Crippen molar-refractivity contribution in [1.29, 1.82) is 0 Å². The zero-order valence-electron chi connectivity index (χ0n) is 15.4. The van der Waals surface area contributed by atoms with Crippen molar-refractivity contribution in [2.45, 2.75) is 10.9 Å². The Kier molecular flexibility index (Phi) is 5.59. The Labute approximate surface area is 171 Å². The standard InChI is InChI=1S/C20H18N4O2S2/c1-25-16-8-9-17(18(10-16)26-2)19-22-14(11-27-19)12-28-20-23-21-13-24(20)15-6-4-3-5-7-15/h3-11,13H,12H2,1-2H3. The van der Waals surface area contributed by atoms with Crippen LogP contribution >= 0.6 is 23.1 Å². The molecule has 0 spiro atoms. The minimum absolute atomic E-state index is 0.709. The molecule has 0 aliphatic carbocycles. The number of hydrogen-bond acceptors (Lipinski definition) is 7. The lowest BCUT2D eigenvalue weighted by molar-refractivity contribution is 0.395. The fourth-order valence-electron chi connectivity index (χ4n) is 2.70. The van der Waals surface area contributed by atoms with E-state index in [1.807, 2.05) is 53.1 Å². The number of benzene rings is 2. The molecule has 28 heavy (non-hydrogen) atoms. The van der Waals surface area contributed by atoms with Crippen molar-refractivity contribution >= 4 is 23.1 Å². The summed E-state index contributed by atoms with van der Waals surface area (Å²) in [5.74, 6) is 2.21. The zero-order chi connectivity index (χ0) is 19.3. The predicted molar refractivity (Wildman–Crippen MR) is 112 cm³/mol. The summed E-state index contributed by atoms with van der Waals surface area (Å²) < 4.78 is 12.7. The third-order valence-electron chi connectivity index (χ3n) is 4.09. The second-order valence-electron chi connectivity index (χ2n) is 5.82. The lowest BCUT2D eigenvalue weighted by Crippen LogP contribution is -1.95. The lowest BCUT2D eigenvalue weighted by Gasteiger charge is -2.08. The maximum atomic E-state index is 5.49. The van der Waals surface area contributed by atoms with E-state index in [-0.39, 0.29) is 0 Å². The first-order valence-corrected chi connectivity index (χ1v) is 10.4. The van der Waals surface area contributed by atoms with E-state index in [9.17, 15) is 0 Å². The van der Waals surface area contributed by atoms with E-state index in [2.05, 4.69) is 15.6 Å². The maximum absolute atomic E-state index is 5.49. The molecule has 4 aromatic rings. The molecule has 0 fully saturated rings. The summed E-state index contributed by atoms with van der Waals surface area (Å²) in [4.78, 5) is 4.77. The third kappa shape index (κ3) is 3.88. The highest BCUT2D eigenvalue weighted by Gasteiger charge is 2.13. The Morgan fingerprint density at radius 3 is 2.71 bits per heavy atom. The number of thioether (sulfide) groups is 1.